The number of fused-ring (bicyclic) bond motifs is 1. The molecule has 1 aromatic rings. The van der Waals surface area contributed by atoms with Crippen molar-refractivity contribution in [2.45, 2.75) is 89.2 Å². The minimum atomic E-state index is -1.92. The summed E-state index contributed by atoms with van der Waals surface area (Å²) in [6.07, 6.45) is 6.30. The number of hydrogen-bond acceptors (Lipinski definition) is 4. The van der Waals surface area contributed by atoms with Crippen LogP contribution in [0.4, 0.5) is 0 Å². The molecular formula is C24H38O4Si. The Balaban J connectivity index is 1.72. The summed E-state index contributed by atoms with van der Waals surface area (Å²) in [6, 6.07) is 10.5. The van der Waals surface area contributed by atoms with Gasteiger partial charge in [0, 0.05) is 18.8 Å². The zero-order chi connectivity index (χ0) is 21.2. The number of ether oxygens (including phenoxy) is 1. The lowest BCUT2D eigenvalue weighted by Crippen LogP contribution is -2.43. The lowest BCUT2D eigenvalue weighted by molar-refractivity contribution is -0.0949. The van der Waals surface area contributed by atoms with Gasteiger partial charge in [-0.1, -0.05) is 63.3 Å². The molecule has 2 N–H and O–H groups in total. The van der Waals surface area contributed by atoms with Gasteiger partial charge in [-0.25, -0.2) is 0 Å². The van der Waals surface area contributed by atoms with E-state index in [0.717, 1.165) is 12.8 Å². The lowest BCUT2D eigenvalue weighted by atomic mass is 9.91. The van der Waals surface area contributed by atoms with Gasteiger partial charge >= 0.3 is 0 Å². The molecule has 1 saturated heterocycles. The molecule has 2 fully saturated rings. The first-order chi connectivity index (χ1) is 13.6. The van der Waals surface area contributed by atoms with Crippen molar-refractivity contribution in [3.8, 4) is 0 Å². The zero-order valence-electron chi connectivity index (χ0n) is 18.5. The van der Waals surface area contributed by atoms with E-state index in [1.807, 2.05) is 6.07 Å². The highest BCUT2D eigenvalue weighted by molar-refractivity contribution is 6.74. The van der Waals surface area contributed by atoms with Crippen LogP contribution in [0.5, 0.6) is 0 Å². The number of aliphatic hydroxyl groups is 2. The third-order valence-corrected chi connectivity index (χ3v) is 11.6. The molecule has 2 aliphatic rings. The minimum Gasteiger partial charge on any atom is -0.411 e. The van der Waals surface area contributed by atoms with Gasteiger partial charge in [0.05, 0.1) is 18.3 Å². The van der Waals surface area contributed by atoms with E-state index >= 15 is 0 Å². The van der Waals surface area contributed by atoms with Crippen LogP contribution < -0.4 is 0 Å². The molecule has 1 saturated carbocycles. The second-order valence-corrected chi connectivity index (χ2v) is 15.0. The van der Waals surface area contributed by atoms with Crippen molar-refractivity contribution >= 4 is 8.32 Å². The monoisotopic (exact) mass is 418 g/mol. The zero-order valence-corrected chi connectivity index (χ0v) is 19.5. The molecule has 1 aromatic carbocycles. The maximum absolute atomic E-state index is 10.5. The van der Waals surface area contributed by atoms with E-state index < -0.39 is 20.7 Å². The first kappa shape index (κ1) is 22.7. The van der Waals surface area contributed by atoms with Crippen LogP contribution in [0.2, 0.25) is 18.1 Å². The fourth-order valence-electron chi connectivity index (χ4n) is 4.29. The SMILES string of the molecule is CC(C)(C)[Si](C)(C)O[C@H](C=C[C@@H]1[C@H]2CC(O)O[C@H]2C[C@H]1O)CCc1ccccc1. The van der Waals surface area contributed by atoms with Gasteiger partial charge < -0.3 is 19.4 Å². The predicted molar refractivity (Wildman–Crippen MR) is 119 cm³/mol. The molecule has 162 valence electrons. The van der Waals surface area contributed by atoms with Crippen molar-refractivity contribution < 1.29 is 19.4 Å². The van der Waals surface area contributed by atoms with Crippen molar-refractivity contribution in [1.82, 2.24) is 0 Å². The molecule has 0 spiro atoms. The molecule has 0 radical (unpaired) electrons. The number of benzene rings is 1. The largest absolute Gasteiger partial charge is 0.411 e. The molecule has 3 rings (SSSR count). The summed E-state index contributed by atoms with van der Waals surface area (Å²) in [6.45, 7) is 11.4. The topological polar surface area (TPSA) is 58.9 Å². The number of hydrogen-bond donors (Lipinski definition) is 2. The van der Waals surface area contributed by atoms with Gasteiger partial charge in [0.25, 0.3) is 0 Å². The summed E-state index contributed by atoms with van der Waals surface area (Å²) < 4.78 is 12.3. The second kappa shape index (κ2) is 9.02. The van der Waals surface area contributed by atoms with E-state index in [1.165, 1.54) is 5.56 Å². The quantitative estimate of drug-likeness (QED) is 0.499. The third-order valence-electron chi connectivity index (χ3n) is 7.06. The molecule has 1 aliphatic carbocycles. The van der Waals surface area contributed by atoms with Gasteiger partial charge in [0.2, 0.25) is 0 Å². The second-order valence-electron chi connectivity index (χ2n) is 10.2. The molecule has 1 unspecified atom stereocenters. The Morgan fingerprint density at radius 3 is 2.52 bits per heavy atom. The van der Waals surface area contributed by atoms with Gasteiger partial charge in [-0.2, -0.15) is 0 Å². The van der Waals surface area contributed by atoms with Crippen LogP contribution in [0.1, 0.15) is 45.6 Å². The molecule has 0 amide bonds. The van der Waals surface area contributed by atoms with Crippen LogP contribution in [0, 0.1) is 11.8 Å². The van der Waals surface area contributed by atoms with Crippen molar-refractivity contribution in [3.63, 3.8) is 0 Å². The molecular weight excluding hydrogens is 380 g/mol. The average molecular weight is 419 g/mol. The van der Waals surface area contributed by atoms with Crippen LogP contribution in [-0.4, -0.2) is 43.1 Å². The molecule has 29 heavy (non-hydrogen) atoms. The minimum absolute atomic E-state index is 0.0228. The maximum atomic E-state index is 10.5. The van der Waals surface area contributed by atoms with Crippen LogP contribution in [0.15, 0.2) is 42.5 Å². The predicted octanol–water partition coefficient (Wildman–Crippen LogP) is 4.67. The van der Waals surface area contributed by atoms with Crippen molar-refractivity contribution in [2.24, 2.45) is 11.8 Å². The van der Waals surface area contributed by atoms with Gasteiger partial charge in [-0.3, -0.25) is 0 Å². The highest BCUT2D eigenvalue weighted by atomic mass is 28.4. The van der Waals surface area contributed by atoms with Crippen LogP contribution in [0.25, 0.3) is 0 Å². The summed E-state index contributed by atoms with van der Waals surface area (Å²) >= 11 is 0. The van der Waals surface area contributed by atoms with E-state index in [-0.39, 0.29) is 29.1 Å². The summed E-state index contributed by atoms with van der Waals surface area (Å²) in [7, 11) is -1.92. The van der Waals surface area contributed by atoms with Crippen LogP contribution in [-0.2, 0) is 15.6 Å². The Morgan fingerprint density at radius 1 is 1.17 bits per heavy atom. The summed E-state index contributed by atoms with van der Waals surface area (Å²) in [5.41, 5.74) is 1.32. The number of aryl methyl sites for hydroxylation is 1. The van der Waals surface area contributed by atoms with Crippen molar-refractivity contribution in [2.75, 3.05) is 0 Å². The Morgan fingerprint density at radius 2 is 1.86 bits per heavy atom. The van der Waals surface area contributed by atoms with Crippen LogP contribution >= 0.6 is 0 Å². The normalized spacial score (nSPS) is 31.3. The fraction of sp³-hybridized carbons (Fsp3) is 0.667. The molecule has 6 atom stereocenters. The Bertz CT molecular complexity index is 682. The molecule has 1 aliphatic heterocycles. The van der Waals surface area contributed by atoms with Crippen molar-refractivity contribution in [3.05, 3.63) is 48.0 Å². The Kier molecular flexibility index (Phi) is 7.06. The van der Waals surface area contributed by atoms with E-state index in [2.05, 4.69) is 70.3 Å². The summed E-state index contributed by atoms with van der Waals surface area (Å²) in [5, 5.41) is 20.5. The highest BCUT2D eigenvalue weighted by Gasteiger charge is 2.47. The standard InChI is InChI=1S/C24H38O4Si/c1-24(2,3)29(4,5)28-18(12-11-17-9-7-6-8-10-17)13-14-19-20-15-23(26)27-22(20)16-21(19)25/h6-10,13-14,18-23,25-26H,11-12,15-16H2,1-5H3/t18-,19+,20+,21+,22-,23?/m0/s1. The first-order valence-electron chi connectivity index (χ1n) is 11.0. The van der Waals surface area contributed by atoms with Gasteiger partial charge in [-0.05, 0) is 42.5 Å². The number of rotatable bonds is 7. The van der Waals surface area contributed by atoms with Gasteiger partial charge in [0.15, 0.2) is 14.6 Å². The molecule has 0 aromatic heterocycles. The molecule has 5 heteroatoms. The molecule has 1 heterocycles. The van der Waals surface area contributed by atoms with Gasteiger partial charge in [0.1, 0.15) is 0 Å². The van der Waals surface area contributed by atoms with Crippen LogP contribution in [0.3, 0.4) is 0 Å². The molecule has 0 bridgehead atoms. The van der Waals surface area contributed by atoms with E-state index in [9.17, 15) is 10.2 Å². The summed E-state index contributed by atoms with van der Waals surface area (Å²) in [5.74, 6) is 0.221. The first-order valence-corrected chi connectivity index (χ1v) is 13.9. The lowest BCUT2D eigenvalue weighted by Gasteiger charge is -2.39. The van der Waals surface area contributed by atoms with E-state index in [0.29, 0.717) is 12.8 Å². The Hall–Kier alpha value is -0.983. The highest BCUT2D eigenvalue weighted by Crippen LogP contribution is 2.44. The third kappa shape index (κ3) is 5.59. The smallest absolute Gasteiger partial charge is 0.192 e. The Labute approximate surface area is 177 Å². The van der Waals surface area contributed by atoms with Crippen molar-refractivity contribution in [1.29, 1.82) is 0 Å². The van der Waals surface area contributed by atoms with E-state index in [1.54, 1.807) is 0 Å². The van der Waals surface area contributed by atoms with E-state index in [4.69, 9.17) is 9.16 Å². The maximum Gasteiger partial charge on any atom is 0.192 e. The fourth-order valence-corrected chi connectivity index (χ4v) is 5.59. The average Bonchev–Trinajstić information content (AvgIpc) is 3.12. The van der Waals surface area contributed by atoms with Gasteiger partial charge in [-0.15, -0.1) is 0 Å². The summed E-state index contributed by atoms with van der Waals surface area (Å²) in [4.78, 5) is 0. The number of aliphatic hydroxyl groups excluding tert-OH is 2. The molecule has 4 nitrogen and oxygen atoms in total.